The lowest BCUT2D eigenvalue weighted by Gasteiger charge is -2.32. The number of benzene rings is 3. The van der Waals surface area contributed by atoms with Crippen LogP contribution >= 0.6 is 11.6 Å². The van der Waals surface area contributed by atoms with Gasteiger partial charge in [-0.3, -0.25) is 13.9 Å². The van der Waals surface area contributed by atoms with E-state index in [0.29, 0.717) is 22.8 Å². The highest BCUT2D eigenvalue weighted by molar-refractivity contribution is 7.92. The molecule has 0 aliphatic carbocycles. The zero-order chi connectivity index (χ0) is 28.7. The summed E-state index contributed by atoms with van der Waals surface area (Å²) in [7, 11) is -4.15. The van der Waals surface area contributed by atoms with Crippen molar-refractivity contribution in [3.8, 4) is 0 Å². The normalized spacial score (nSPS) is 12.2. The summed E-state index contributed by atoms with van der Waals surface area (Å²) in [5, 5.41) is 3.26. The highest BCUT2D eigenvalue weighted by Crippen LogP contribution is 2.31. The van der Waals surface area contributed by atoms with Crippen molar-refractivity contribution in [3.05, 3.63) is 94.5 Å². The van der Waals surface area contributed by atoms with Crippen LogP contribution in [0.4, 0.5) is 5.69 Å². The molecule has 0 fully saturated rings. The minimum atomic E-state index is -4.15. The standard InChI is InChI=1S/C30H36ClN3O4S/c1-21(2)18-32-30(36)24(5)33(19-25-10-7-6-8-11-25)29(35)20-34(28-13-9-12-27(31)23(28)4)39(37,38)26-16-14-22(3)15-17-26/h6-17,21,24H,18-20H2,1-5H3,(H,32,36)/t24-/m0/s1. The van der Waals surface area contributed by atoms with Gasteiger partial charge in [-0.25, -0.2) is 8.42 Å². The van der Waals surface area contributed by atoms with Crippen LogP contribution in [-0.2, 0) is 26.2 Å². The summed E-state index contributed by atoms with van der Waals surface area (Å²) in [4.78, 5) is 28.5. The fraction of sp³-hybridized carbons (Fsp3) is 0.333. The third-order valence-electron chi connectivity index (χ3n) is 6.44. The van der Waals surface area contributed by atoms with Crippen molar-refractivity contribution in [2.24, 2.45) is 5.92 Å². The van der Waals surface area contributed by atoms with Crippen LogP contribution in [0.1, 0.15) is 37.5 Å². The molecule has 0 aromatic heterocycles. The highest BCUT2D eigenvalue weighted by atomic mass is 35.5. The number of amides is 2. The lowest BCUT2D eigenvalue weighted by atomic mass is 10.1. The lowest BCUT2D eigenvalue weighted by molar-refractivity contribution is -0.139. The first-order valence-corrected chi connectivity index (χ1v) is 14.7. The lowest BCUT2D eigenvalue weighted by Crippen LogP contribution is -2.51. The number of anilines is 1. The molecule has 0 saturated heterocycles. The molecule has 0 bridgehead atoms. The molecular formula is C30H36ClN3O4S. The largest absolute Gasteiger partial charge is 0.354 e. The van der Waals surface area contributed by atoms with E-state index in [1.165, 1.54) is 17.0 Å². The quantitative estimate of drug-likeness (QED) is 0.338. The van der Waals surface area contributed by atoms with Crippen molar-refractivity contribution < 1.29 is 18.0 Å². The molecule has 3 rings (SSSR count). The van der Waals surface area contributed by atoms with Crippen LogP contribution in [0.2, 0.25) is 5.02 Å². The van der Waals surface area contributed by atoms with Gasteiger partial charge in [0.15, 0.2) is 0 Å². The first kappa shape index (κ1) is 30.2. The van der Waals surface area contributed by atoms with Gasteiger partial charge in [0.2, 0.25) is 11.8 Å². The van der Waals surface area contributed by atoms with Gasteiger partial charge in [-0.2, -0.15) is 0 Å². The molecule has 0 unspecified atom stereocenters. The van der Waals surface area contributed by atoms with Gasteiger partial charge >= 0.3 is 0 Å². The fourth-order valence-corrected chi connectivity index (χ4v) is 5.67. The molecule has 0 aliphatic heterocycles. The maximum atomic E-state index is 14.0. The van der Waals surface area contributed by atoms with E-state index in [2.05, 4.69) is 5.32 Å². The summed E-state index contributed by atoms with van der Waals surface area (Å²) < 4.78 is 29.0. The highest BCUT2D eigenvalue weighted by Gasteiger charge is 2.33. The molecule has 0 spiro atoms. The second-order valence-electron chi connectivity index (χ2n) is 10.0. The van der Waals surface area contributed by atoms with Gasteiger partial charge in [0.05, 0.1) is 10.6 Å². The molecule has 0 heterocycles. The van der Waals surface area contributed by atoms with Gasteiger partial charge in [0.1, 0.15) is 12.6 Å². The second kappa shape index (κ2) is 13.1. The van der Waals surface area contributed by atoms with Crippen molar-refractivity contribution in [3.63, 3.8) is 0 Å². The molecule has 0 saturated carbocycles. The number of carbonyl (C=O) groups excluding carboxylic acids is 2. The summed E-state index contributed by atoms with van der Waals surface area (Å²) in [5.41, 5.74) is 2.56. The van der Waals surface area contributed by atoms with E-state index >= 15 is 0 Å². The van der Waals surface area contributed by atoms with Crippen LogP contribution in [0.15, 0.2) is 77.7 Å². The first-order chi connectivity index (χ1) is 18.4. The number of halogens is 1. The van der Waals surface area contributed by atoms with Crippen LogP contribution in [0, 0.1) is 19.8 Å². The predicted molar refractivity (Wildman–Crippen MR) is 156 cm³/mol. The van der Waals surface area contributed by atoms with E-state index in [1.54, 1.807) is 44.2 Å². The van der Waals surface area contributed by atoms with Crippen LogP contribution < -0.4 is 9.62 Å². The van der Waals surface area contributed by atoms with Crippen molar-refractivity contribution >= 4 is 39.1 Å². The molecule has 208 valence electrons. The number of nitrogens with one attached hydrogen (secondary N) is 1. The van der Waals surface area contributed by atoms with Crippen LogP contribution in [0.25, 0.3) is 0 Å². The number of aryl methyl sites for hydroxylation is 1. The average Bonchev–Trinajstić information content (AvgIpc) is 2.91. The van der Waals surface area contributed by atoms with Gasteiger partial charge in [-0.05, 0) is 62.1 Å². The zero-order valence-electron chi connectivity index (χ0n) is 23.0. The van der Waals surface area contributed by atoms with E-state index in [0.717, 1.165) is 15.4 Å². The van der Waals surface area contributed by atoms with Crippen molar-refractivity contribution in [1.82, 2.24) is 10.2 Å². The van der Waals surface area contributed by atoms with E-state index in [4.69, 9.17) is 11.6 Å². The Morgan fingerprint density at radius 3 is 2.15 bits per heavy atom. The summed E-state index contributed by atoms with van der Waals surface area (Å²) in [5.74, 6) is -0.582. The molecule has 39 heavy (non-hydrogen) atoms. The van der Waals surface area contributed by atoms with Crippen molar-refractivity contribution in [1.29, 1.82) is 0 Å². The molecule has 0 radical (unpaired) electrons. The summed E-state index contributed by atoms with van der Waals surface area (Å²) in [6.07, 6.45) is 0. The minimum absolute atomic E-state index is 0.0533. The Morgan fingerprint density at radius 1 is 0.897 bits per heavy atom. The number of hydrogen-bond donors (Lipinski definition) is 1. The van der Waals surface area contributed by atoms with E-state index < -0.39 is 28.5 Å². The first-order valence-electron chi connectivity index (χ1n) is 12.9. The third kappa shape index (κ3) is 7.61. The Bertz CT molecular complexity index is 1390. The minimum Gasteiger partial charge on any atom is -0.354 e. The van der Waals surface area contributed by atoms with Crippen molar-refractivity contribution in [2.45, 2.75) is 52.1 Å². The molecule has 1 atom stereocenters. The van der Waals surface area contributed by atoms with Crippen LogP contribution in [-0.4, -0.2) is 44.3 Å². The van der Waals surface area contributed by atoms with Gasteiger partial charge in [-0.1, -0.05) is 79.5 Å². The number of carbonyl (C=O) groups is 2. The molecule has 0 aliphatic rings. The molecule has 2 amide bonds. The molecule has 7 nitrogen and oxygen atoms in total. The zero-order valence-corrected chi connectivity index (χ0v) is 24.6. The van der Waals surface area contributed by atoms with Gasteiger partial charge < -0.3 is 10.2 Å². The van der Waals surface area contributed by atoms with Crippen LogP contribution in [0.5, 0.6) is 0 Å². The SMILES string of the molecule is Cc1ccc(S(=O)(=O)N(CC(=O)N(Cc2ccccc2)[C@@H](C)C(=O)NCC(C)C)c2cccc(Cl)c2C)cc1. The van der Waals surface area contributed by atoms with E-state index in [-0.39, 0.29) is 23.3 Å². The number of sulfonamides is 1. The third-order valence-corrected chi connectivity index (χ3v) is 8.63. The van der Waals surface area contributed by atoms with Gasteiger partial charge in [0, 0.05) is 18.1 Å². The topological polar surface area (TPSA) is 86.8 Å². The maximum absolute atomic E-state index is 14.0. The fourth-order valence-electron chi connectivity index (χ4n) is 4.03. The van der Waals surface area contributed by atoms with E-state index in [1.807, 2.05) is 51.1 Å². The Hall–Kier alpha value is -3.36. The number of nitrogens with zero attached hydrogens (tertiary/aromatic N) is 2. The Kier molecular flexibility index (Phi) is 10.2. The number of rotatable bonds is 11. The summed E-state index contributed by atoms with van der Waals surface area (Å²) >= 11 is 6.36. The monoisotopic (exact) mass is 569 g/mol. The van der Waals surface area contributed by atoms with Crippen LogP contribution in [0.3, 0.4) is 0 Å². The summed E-state index contributed by atoms with van der Waals surface area (Å²) in [6, 6.07) is 19.9. The number of hydrogen-bond acceptors (Lipinski definition) is 4. The van der Waals surface area contributed by atoms with Gasteiger partial charge in [0.25, 0.3) is 10.0 Å². The Labute approximate surface area is 236 Å². The summed E-state index contributed by atoms with van der Waals surface area (Å²) in [6.45, 7) is 9.30. The smallest absolute Gasteiger partial charge is 0.264 e. The predicted octanol–water partition coefficient (Wildman–Crippen LogP) is 5.34. The molecule has 3 aromatic rings. The van der Waals surface area contributed by atoms with Gasteiger partial charge in [-0.15, -0.1) is 0 Å². The maximum Gasteiger partial charge on any atom is 0.264 e. The van der Waals surface area contributed by atoms with E-state index in [9.17, 15) is 18.0 Å². The Morgan fingerprint density at radius 2 is 1.54 bits per heavy atom. The van der Waals surface area contributed by atoms with Crippen molar-refractivity contribution in [2.75, 3.05) is 17.4 Å². The molecule has 9 heteroatoms. The Balaban J connectivity index is 2.04. The second-order valence-corrected chi connectivity index (χ2v) is 12.3. The molecular weight excluding hydrogens is 534 g/mol. The average molecular weight is 570 g/mol. The molecule has 1 N–H and O–H groups in total. The molecule has 3 aromatic carbocycles.